The van der Waals surface area contributed by atoms with E-state index < -0.39 is 0 Å². The lowest BCUT2D eigenvalue weighted by Crippen LogP contribution is -2.57. The zero-order valence-corrected chi connectivity index (χ0v) is 19.4. The van der Waals surface area contributed by atoms with Crippen LogP contribution in [0.1, 0.15) is 30.5 Å². The molecule has 0 N–H and O–H groups in total. The molecule has 1 aromatic heterocycles. The van der Waals surface area contributed by atoms with E-state index in [0.29, 0.717) is 5.92 Å². The second-order valence-corrected chi connectivity index (χ2v) is 9.76. The molecule has 0 spiro atoms. The van der Waals surface area contributed by atoms with Crippen molar-refractivity contribution in [3.8, 4) is 28.7 Å². The second kappa shape index (κ2) is 6.92. The Morgan fingerprint density at radius 3 is 2.11 bits per heavy atom. The maximum atomic E-state index is 6.54. The molecule has 0 saturated carbocycles. The average Bonchev–Trinajstić information content (AvgIpc) is 3.24. The highest BCUT2D eigenvalue weighted by molar-refractivity contribution is 6.98. The van der Waals surface area contributed by atoms with Crippen molar-refractivity contribution in [2.45, 2.75) is 19.3 Å². The van der Waals surface area contributed by atoms with Crippen LogP contribution in [-0.2, 0) is 0 Å². The first kappa shape index (κ1) is 19.2. The van der Waals surface area contributed by atoms with Crippen molar-refractivity contribution >= 4 is 40.1 Å². The summed E-state index contributed by atoms with van der Waals surface area (Å²) in [6.07, 6.45) is 5.63. The van der Waals surface area contributed by atoms with Crippen LogP contribution < -0.4 is 25.9 Å². The van der Waals surface area contributed by atoms with Crippen molar-refractivity contribution in [2.75, 3.05) is 0 Å². The van der Waals surface area contributed by atoms with Crippen LogP contribution >= 0.6 is 0 Å². The molecule has 1 atom stereocenters. The quantitative estimate of drug-likeness (QED) is 0.291. The molecule has 5 aromatic rings. The lowest BCUT2D eigenvalue weighted by Gasteiger charge is -2.33. The van der Waals surface area contributed by atoms with Gasteiger partial charge in [0.2, 0.25) is 0 Å². The highest BCUT2D eigenvalue weighted by atomic mass is 16.5. The van der Waals surface area contributed by atoms with Crippen LogP contribution in [0.3, 0.4) is 0 Å². The van der Waals surface area contributed by atoms with Gasteiger partial charge < -0.3 is 14.0 Å². The Bertz CT molecular complexity index is 1640. The molecule has 1 unspecified atom stereocenters. The average molecular weight is 451 g/mol. The molecular weight excluding hydrogens is 429 g/mol. The zero-order chi connectivity index (χ0) is 23.1. The summed E-state index contributed by atoms with van der Waals surface area (Å²) in [4.78, 5) is 0. The van der Waals surface area contributed by atoms with Crippen molar-refractivity contribution in [2.24, 2.45) is 0 Å². The monoisotopic (exact) mass is 451 g/mol. The molecule has 3 heterocycles. The smallest absolute Gasteiger partial charge is 0.260 e. The highest BCUT2D eigenvalue weighted by Crippen LogP contribution is 2.42. The highest BCUT2D eigenvalue weighted by Gasteiger charge is 2.40. The minimum absolute atomic E-state index is 0.0965. The molecule has 0 bridgehead atoms. The molecule has 166 valence electrons. The Hall–Kier alpha value is -4.18. The van der Waals surface area contributed by atoms with Gasteiger partial charge in [0.15, 0.2) is 0 Å². The Balaban J connectivity index is 1.43. The normalized spacial score (nSPS) is 16.6. The summed E-state index contributed by atoms with van der Waals surface area (Å²) < 4.78 is 15.5. The van der Waals surface area contributed by atoms with Gasteiger partial charge in [-0.15, -0.1) is 0 Å². The lowest BCUT2D eigenvalue weighted by atomic mass is 9.35. The van der Waals surface area contributed by atoms with Crippen LogP contribution in [0.15, 0.2) is 91.0 Å². The van der Waals surface area contributed by atoms with E-state index in [1.54, 1.807) is 0 Å². The third-order valence-corrected chi connectivity index (χ3v) is 7.75. The summed E-state index contributed by atoms with van der Waals surface area (Å²) >= 11 is 0. The molecule has 4 aromatic carbocycles. The summed E-state index contributed by atoms with van der Waals surface area (Å²) in [6, 6.07) is 29.9. The van der Waals surface area contributed by atoms with Gasteiger partial charge in [-0.1, -0.05) is 67.6 Å². The Morgan fingerprint density at radius 1 is 0.771 bits per heavy atom. The lowest BCUT2D eigenvalue weighted by molar-refractivity contribution is 0.464. The number of rotatable bonds is 1. The third kappa shape index (κ3) is 2.57. The van der Waals surface area contributed by atoms with E-state index in [2.05, 4.69) is 96.4 Å². The van der Waals surface area contributed by atoms with Crippen molar-refractivity contribution in [3.05, 3.63) is 102 Å². The topological polar surface area (TPSA) is 23.4 Å². The number of hydrogen-bond acceptors (Lipinski definition) is 2. The van der Waals surface area contributed by atoms with E-state index in [1.807, 2.05) is 12.1 Å². The molecule has 4 heteroatoms. The molecule has 1 aliphatic carbocycles. The first-order valence-corrected chi connectivity index (χ1v) is 12.3. The standard InChI is InChI=1S/C31H22BNO2/c1-19-9-8-14-25-30(19)21-10-2-5-13-24(21)33(25)20-17-28-31-29(18-20)35-27-16-7-4-12-23(27)32(31)22-11-3-6-15-26(22)34-28/h2-8,10-19H,9H2,1H3. The number of fused-ring (bicyclic) bond motifs is 7. The molecule has 3 aliphatic rings. The van der Waals surface area contributed by atoms with Crippen molar-refractivity contribution in [3.63, 3.8) is 0 Å². The molecule has 0 fully saturated rings. The van der Waals surface area contributed by atoms with E-state index in [9.17, 15) is 0 Å². The molecule has 0 amide bonds. The third-order valence-electron chi connectivity index (χ3n) is 7.75. The molecule has 8 rings (SSSR count). The van der Waals surface area contributed by atoms with Crippen LogP contribution in [0.25, 0.3) is 22.7 Å². The van der Waals surface area contributed by atoms with Gasteiger partial charge in [0.25, 0.3) is 6.71 Å². The van der Waals surface area contributed by atoms with E-state index in [0.717, 1.165) is 40.6 Å². The van der Waals surface area contributed by atoms with E-state index in [-0.39, 0.29) is 6.71 Å². The number of nitrogens with zero attached hydrogens (tertiary/aromatic N) is 1. The van der Waals surface area contributed by atoms with Gasteiger partial charge in [-0.2, -0.15) is 0 Å². The van der Waals surface area contributed by atoms with Crippen LogP contribution in [0.2, 0.25) is 0 Å². The van der Waals surface area contributed by atoms with Gasteiger partial charge in [0.05, 0.1) is 11.2 Å². The molecule has 2 aliphatic heterocycles. The number of aromatic nitrogens is 1. The molecule has 0 radical (unpaired) electrons. The van der Waals surface area contributed by atoms with E-state index >= 15 is 0 Å². The summed E-state index contributed by atoms with van der Waals surface area (Å²) in [5.41, 5.74) is 8.43. The van der Waals surface area contributed by atoms with Gasteiger partial charge in [-0.25, -0.2) is 0 Å². The number of ether oxygens (including phenoxy) is 2. The summed E-state index contributed by atoms with van der Waals surface area (Å²) in [5, 5.41) is 1.32. The van der Waals surface area contributed by atoms with Crippen LogP contribution in [-0.4, -0.2) is 11.3 Å². The Labute approximate surface area is 204 Å². The molecular formula is C31H22BNO2. The summed E-state index contributed by atoms with van der Waals surface area (Å²) in [5.74, 6) is 4.05. The summed E-state index contributed by atoms with van der Waals surface area (Å²) in [7, 11) is 0. The minimum atomic E-state index is 0.0965. The number of benzene rings is 4. The fourth-order valence-corrected chi connectivity index (χ4v) is 6.26. The second-order valence-electron chi connectivity index (χ2n) is 9.76. The summed E-state index contributed by atoms with van der Waals surface area (Å²) in [6.45, 7) is 2.42. The Kier molecular flexibility index (Phi) is 3.79. The predicted molar refractivity (Wildman–Crippen MR) is 143 cm³/mol. The predicted octanol–water partition coefficient (Wildman–Crippen LogP) is 5.88. The molecule has 0 saturated heterocycles. The van der Waals surface area contributed by atoms with Crippen LogP contribution in [0.5, 0.6) is 23.0 Å². The Morgan fingerprint density at radius 2 is 1.40 bits per heavy atom. The van der Waals surface area contributed by atoms with Crippen LogP contribution in [0, 0.1) is 0 Å². The molecule has 3 nitrogen and oxygen atoms in total. The maximum Gasteiger partial charge on any atom is 0.260 e. The fraction of sp³-hybridized carbons (Fsp3) is 0.0968. The van der Waals surface area contributed by atoms with Gasteiger partial charge in [-0.3, -0.25) is 0 Å². The number of allylic oxidation sites excluding steroid dienone is 1. The van der Waals surface area contributed by atoms with Gasteiger partial charge >= 0.3 is 0 Å². The van der Waals surface area contributed by atoms with E-state index in [1.165, 1.54) is 33.1 Å². The first-order valence-electron chi connectivity index (χ1n) is 12.3. The van der Waals surface area contributed by atoms with Gasteiger partial charge in [0.1, 0.15) is 23.0 Å². The zero-order valence-electron chi connectivity index (χ0n) is 19.4. The van der Waals surface area contributed by atoms with Crippen molar-refractivity contribution in [1.29, 1.82) is 0 Å². The SMILES string of the molecule is CC1CC=Cc2c1c1ccccc1n2-c1cc2c3c(c1)Oc1ccccc1B3c1ccccc1O2. The van der Waals surface area contributed by atoms with Crippen molar-refractivity contribution < 1.29 is 9.47 Å². The molecule has 35 heavy (non-hydrogen) atoms. The number of hydrogen-bond donors (Lipinski definition) is 0. The largest absolute Gasteiger partial charge is 0.458 e. The van der Waals surface area contributed by atoms with Crippen molar-refractivity contribution in [1.82, 2.24) is 4.57 Å². The van der Waals surface area contributed by atoms with Gasteiger partial charge in [-0.05, 0) is 53.1 Å². The van der Waals surface area contributed by atoms with Crippen LogP contribution in [0.4, 0.5) is 0 Å². The number of para-hydroxylation sites is 3. The van der Waals surface area contributed by atoms with E-state index in [4.69, 9.17) is 9.47 Å². The first-order chi connectivity index (χ1) is 17.3. The minimum Gasteiger partial charge on any atom is -0.458 e. The van der Waals surface area contributed by atoms with Gasteiger partial charge in [0, 0.05) is 28.7 Å². The fourth-order valence-electron chi connectivity index (χ4n) is 6.26. The maximum absolute atomic E-state index is 6.54.